The zero-order chi connectivity index (χ0) is 20.1. The molecule has 1 saturated carbocycles. The largest absolute Gasteiger partial charge is 0.326 e. The molecule has 152 valence electrons. The van der Waals surface area contributed by atoms with Gasteiger partial charge in [-0.2, -0.15) is 5.26 Å². The quantitative estimate of drug-likeness (QED) is 0.816. The number of aryl methyl sites for hydroxylation is 1. The summed E-state index contributed by atoms with van der Waals surface area (Å²) in [7, 11) is 1.77. The van der Waals surface area contributed by atoms with Crippen LogP contribution in [-0.4, -0.2) is 58.8 Å². The summed E-state index contributed by atoms with van der Waals surface area (Å²) in [6.07, 6.45) is 6.15. The molecule has 0 atom stereocenters. The maximum Gasteiger partial charge on any atom is 0.237 e. The molecule has 0 aromatic carbocycles. The first-order valence-corrected chi connectivity index (χ1v) is 10.9. The van der Waals surface area contributed by atoms with E-state index < -0.39 is 5.54 Å². The van der Waals surface area contributed by atoms with Gasteiger partial charge < -0.3 is 10.2 Å². The molecule has 0 spiro atoms. The van der Waals surface area contributed by atoms with Crippen LogP contribution >= 0.6 is 11.3 Å². The first-order chi connectivity index (χ1) is 13.4. The van der Waals surface area contributed by atoms with Crippen LogP contribution in [0.1, 0.15) is 50.6 Å². The van der Waals surface area contributed by atoms with Crippen LogP contribution in [0.3, 0.4) is 0 Å². The van der Waals surface area contributed by atoms with Gasteiger partial charge in [-0.25, -0.2) is 4.98 Å². The zero-order valence-corrected chi connectivity index (χ0v) is 17.6. The number of thiazole rings is 1. The molecule has 7 nitrogen and oxygen atoms in total. The summed E-state index contributed by atoms with van der Waals surface area (Å²) in [4.78, 5) is 33.3. The van der Waals surface area contributed by atoms with E-state index in [-0.39, 0.29) is 17.7 Å². The van der Waals surface area contributed by atoms with Gasteiger partial charge >= 0.3 is 0 Å². The number of aromatic nitrogens is 1. The van der Waals surface area contributed by atoms with Gasteiger partial charge in [0.2, 0.25) is 11.8 Å². The molecule has 8 heteroatoms. The third-order valence-corrected chi connectivity index (χ3v) is 6.95. The molecule has 1 aliphatic heterocycles. The van der Waals surface area contributed by atoms with E-state index in [4.69, 9.17) is 0 Å². The van der Waals surface area contributed by atoms with Gasteiger partial charge in [0.05, 0.1) is 18.3 Å². The van der Waals surface area contributed by atoms with E-state index in [2.05, 4.69) is 21.3 Å². The summed E-state index contributed by atoms with van der Waals surface area (Å²) in [5.41, 5.74) is 0.269. The number of nitrogens with one attached hydrogen (secondary N) is 1. The van der Waals surface area contributed by atoms with Gasteiger partial charge in [-0.1, -0.05) is 19.3 Å². The molecular formula is C20H29N5O2S. The molecule has 0 bridgehead atoms. The highest BCUT2D eigenvalue weighted by Gasteiger charge is 2.39. The van der Waals surface area contributed by atoms with E-state index in [9.17, 15) is 14.9 Å². The molecule has 1 aromatic heterocycles. The predicted molar refractivity (Wildman–Crippen MR) is 109 cm³/mol. The van der Waals surface area contributed by atoms with Crippen molar-refractivity contribution in [2.24, 2.45) is 5.92 Å². The van der Waals surface area contributed by atoms with E-state index >= 15 is 0 Å². The standard InChI is InChI=1S/C20H29N5O2S/c1-15-13-28-19(22-15)23-18(27)16-6-10-25(11-7-16)12-17(26)24(2)20(14-21)8-4-3-5-9-20/h13,16H,3-12H2,1-2H3,(H,22,23,27). The van der Waals surface area contributed by atoms with E-state index in [0.29, 0.717) is 24.8 Å². The van der Waals surface area contributed by atoms with Crippen molar-refractivity contribution >= 4 is 28.3 Å². The van der Waals surface area contributed by atoms with Gasteiger partial charge in [-0.15, -0.1) is 11.3 Å². The van der Waals surface area contributed by atoms with Crippen LogP contribution in [0, 0.1) is 24.2 Å². The number of anilines is 1. The van der Waals surface area contributed by atoms with Gasteiger partial charge in [0.25, 0.3) is 0 Å². The van der Waals surface area contributed by atoms with Crippen molar-refractivity contribution in [3.05, 3.63) is 11.1 Å². The average molecular weight is 404 g/mol. The number of nitrogens with zero attached hydrogens (tertiary/aromatic N) is 4. The van der Waals surface area contributed by atoms with Crippen LogP contribution in [0.5, 0.6) is 0 Å². The molecule has 3 rings (SSSR count). The second kappa shape index (κ2) is 9.01. The maximum absolute atomic E-state index is 12.8. The topological polar surface area (TPSA) is 89.3 Å². The van der Waals surface area contributed by atoms with Crippen LogP contribution in [0.15, 0.2) is 5.38 Å². The Labute approximate surface area is 170 Å². The lowest BCUT2D eigenvalue weighted by Crippen LogP contribution is -2.53. The Morgan fingerprint density at radius 1 is 1.36 bits per heavy atom. The Balaban J connectivity index is 1.47. The number of carbonyl (C=O) groups excluding carboxylic acids is 2. The van der Waals surface area contributed by atoms with Gasteiger partial charge in [0, 0.05) is 18.3 Å². The number of hydrogen-bond donors (Lipinski definition) is 1. The van der Waals surface area contributed by atoms with E-state index in [0.717, 1.165) is 50.6 Å². The number of hydrogen-bond acceptors (Lipinski definition) is 6. The molecule has 1 aliphatic carbocycles. The fourth-order valence-corrected chi connectivity index (χ4v) is 4.86. The van der Waals surface area contributed by atoms with E-state index in [1.165, 1.54) is 11.3 Å². The van der Waals surface area contributed by atoms with Crippen LogP contribution < -0.4 is 5.32 Å². The monoisotopic (exact) mass is 403 g/mol. The van der Waals surface area contributed by atoms with Crippen LogP contribution in [-0.2, 0) is 9.59 Å². The third-order valence-electron chi connectivity index (χ3n) is 6.07. The average Bonchev–Trinajstić information content (AvgIpc) is 3.12. The number of likely N-dealkylation sites (tertiary alicyclic amines) is 1. The van der Waals surface area contributed by atoms with E-state index in [1.54, 1.807) is 11.9 Å². The molecule has 0 unspecified atom stereocenters. The summed E-state index contributed by atoms with van der Waals surface area (Å²) in [5.74, 6) is -0.0234. The first kappa shape index (κ1) is 20.7. The molecule has 2 amide bonds. The minimum absolute atomic E-state index is 0.00427. The van der Waals surface area contributed by atoms with Gasteiger partial charge in [0.1, 0.15) is 5.54 Å². The van der Waals surface area contributed by atoms with Crippen molar-refractivity contribution in [1.82, 2.24) is 14.8 Å². The number of piperidine rings is 1. The summed E-state index contributed by atoms with van der Waals surface area (Å²) < 4.78 is 0. The molecule has 2 heterocycles. The molecule has 28 heavy (non-hydrogen) atoms. The van der Waals surface area contributed by atoms with Crippen molar-refractivity contribution in [2.75, 3.05) is 32.0 Å². The van der Waals surface area contributed by atoms with Gasteiger partial charge in [-0.05, 0) is 45.7 Å². The van der Waals surface area contributed by atoms with Crippen molar-refractivity contribution in [1.29, 1.82) is 5.26 Å². The third kappa shape index (κ3) is 4.70. The van der Waals surface area contributed by atoms with Crippen LogP contribution in [0.25, 0.3) is 0 Å². The summed E-state index contributed by atoms with van der Waals surface area (Å²) in [5, 5.41) is 15.1. The lowest BCUT2D eigenvalue weighted by molar-refractivity contribution is -0.136. The summed E-state index contributed by atoms with van der Waals surface area (Å²) in [6.45, 7) is 3.66. The maximum atomic E-state index is 12.8. The first-order valence-electron chi connectivity index (χ1n) is 10.1. The fourth-order valence-electron chi connectivity index (χ4n) is 4.17. The van der Waals surface area contributed by atoms with Crippen molar-refractivity contribution < 1.29 is 9.59 Å². The Bertz CT molecular complexity index is 742. The van der Waals surface area contributed by atoms with Crippen LogP contribution in [0.4, 0.5) is 5.13 Å². The van der Waals surface area contributed by atoms with E-state index in [1.807, 2.05) is 12.3 Å². The van der Waals surface area contributed by atoms with Gasteiger partial charge in [0.15, 0.2) is 5.13 Å². The highest BCUT2D eigenvalue weighted by Crippen LogP contribution is 2.32. The Morgan fingerprint density at radius 2 is 2.04 bits per heavy atom. The smallest absolute Gasteiger partial charge is 0.237 e. The van der Waals surface area contributed by atoms with Gasteiger partial charge in [-0.3, -0.25) is 14.5 Å². The SMILES string of the molecule is Cc1csc(NC(=O)C2CCN(CC(=O)N(C)C3(C#N)CCCCC3)CC2)n1. The Kier molecular flexibility index (Phi) is 6.68. The normalized spacial score (nSPS) is 20.3. The fraction of sp³-hybridized carbons (Fsp3) is 0.700. The van der Waals surface area contributed by atoms with Crippen molar-refractivity contribution in [2.45, 2.75) is 57.4 Å². The second-order valence-electron chi connectivity index (χ2n) is 7.99. The highest BCUT2D eigenvalue weighted by atomic mass is 32.1. The molecule has 1 saturated heterocycles. The molecule has 2 fully saturated rings. The number of likely N-dealkylation sites (N-methyl/N-ethyl adjacent to an activating group) is 1. The summed E-state index contributed by atoms with van der Waals surface area (Å²) >= 11 is 1.44. The number of rotatable bonds is 5. The highest BCUT2D eigenvalue weighted by molar-refractivity contribution is 7.13. The number of carbonyl (C=O) groups is 2. The molecular weight excluding hydrogens is 374 g/mol. The minimum atomic E-state index is -0.640. The number of amides is 2. The Hall–Kier alpha value is -1.98. The number of nitriles is 1. The minimum Gasteiger partial charge on any atom is -0.326 e. The Morgan fingerprint density at radius 3 is 2.61 bits per heavy atom. The zero-order valence-electron chi connectivity index (χ0n) is 16.7. The van der Waals surface area contributed by atoms with Crippen molar-refractivity contribution in [3.63, 3.8) is 0 Å². The van der Waals surface area contributed by atoms with Crippen molar-refractivity contribution in [3.8, 4) is 6.07 Å². The molecule has 1 N–H and O–H groups in total. The lowest BCUT2D eigenvalue weighted by atomic mass is 9.81. The molecule has 2 aliphatic rings. The second-order valence-corrected chi connectivity index (χ2v) is 8.85. The lowest BCUT2D eigenvalue weighted by Gasteiger charge is -2.40. The van der Waals surface area contributed by atoms with Crippen LogP contribution in [0.2, 0.25) is 0 Å². The summed E-state index contributed by atoms with van der Waals surface area (Å²) in [6, 6.07) is 2.41. The predicted octanol–water partition coefficient (Wildman–Crippen LogP) is 2.79. The molecule has 0 radical (unpaired) electrons. The molecule has 1 aromatic rings.